The quantitative estimate of drug-likeness (QED) is 0.906. The zero-order valence-electron chi connectivity index (χ0n) is 15.3. The molecule has 0 saturated carbocycles. The van der Waals surface area contributed by atoms with Crippen LogP contribution in [0.15, 0.2) is 42.5 Å². The van der Waals surface area contributed by atoms with Crippen LogP contribution < -0.4 is 10.1 Å². The molecule has 1 aliphatic heterocycles. The maximum absolute atomic E-state index is 13.0. The predicted octanol–water partition coefficient (Wildman–Crippen LogP) is 3.72. The van der Waals surface area contributed by atoms with Crippen molar-refractivity contribution in [3.63, 3.8) is 0 Å². The van der Waals surface area contributed by atoms with E-state index in [9.17, 15) is 9.18 Å². The Kier molecular flexibility index (Phi) is 5.23. The van der Waals surface area contributed by atoms with E-state index in [1.165, 1.54) is 24.3 Å². The van der Waals surface area contributed by atoms with Crippen LogP contribution in [0, 0.1) is 5.82 Å². The Morgan fingerprint density at radius 1 is 1.27 bits per heavy atom. The van der Waals surface area contributed by atoms with Crippen molar-refractivity contribution in [2.45, 2.75) is 38.3 Å². The Morgan fingerprint density at radius 2 is 2.00 bits per heavy atom. The van der Waals surface area contributed by atoms with Gasteiger partial charge in [-0.1, -0.05) is 6.07 Å². The average molecular weight is 357 g/mol. The number of hydrogen-bond donors (Lipinski definition) is 1. The lowest BCUT2D eigenvalue weighted by molar-refractivity contribution is 0.0241. The number of piperidine rings is 1. The Balaban J connectivity index is 1.65. The van der Waals surface area contributed by atoms with Crippen LogP contribution in [-0.4, -0.2) is 41.0 Å². The summed E-state index contributed by atoms with van der Waals surface area (Å²) in [5, 5.41) is 2.72. The molecule has 1 aliphatic rings. The van der Waals surface area contributed by atoms with Gasteiger partial charge in [0.1, 0.15) is 17.7 Å². The lowest BCUT2D eigenvalue weighted by atomic mass is 9.89. The van der Waals surface area contributed by atoms with E-state index >= 15 is 0 Å². The molecule has 0 aliphatic carbocycles. The van der Waals surface area contributed by atoms with E-state index in [0.717, 1.165) is 19.4 Å². The Labute approximate surface area is 153 Å². The summed E-state index contributed by atoms with van der Waals surface area (Å²) in [7, 11) is 2.13. The van der Waals surface area contributed by atoms with Gasteiger partial charge in [-0.25, -0.2) is 4.39 Å². The number of halogens is 1. The van der Waals surface area contributed by atoms with Crippen LogP contribution in [0.1, 0.15) is 37.0 Å². The number of carbonyl (C=O) groups is 1. The van der Waals surface area contributed by atoms with Gasteiger partial charge in [0.25, 0.3) is 5.91 Å². The zero-order valence-corrected chi connectivity index (χ0v) is 15.3. The molecule has 1 unspecified atom stereocenters. The number of hydrogen-bond acceptors (Lipinski definition) is 4. The van der Waals surface area contributed by atoms with E-state index in [4.69, 9.17) is 4.74 Å². The van der Waals surface area contributed by atoms with Gasteiger partial charge < -0.3 is 15.0 Å². The van der Waals surface area contributed by atoms with Crippen molar-refractivity contribution < 1.29 is 13.9 Å². The highest BCUT2D eigenvalue weighted by molar-refractivity contribution is 6.03. The second-order valence-corrected chi connectivity index (χ2v) is 7.29. The summed E-state index contributed by atoms with van der Waals surface area (Å²) >= 11 is 0. The van der Waals surface area contributed by atoms with Crippen molar-refractivity contribution in [1.29, 1.82) is 0 Å². The summed E-state index contributed by atoms with van der Waals surface area (Å²) in [6, 6.07) is 10.7. The molecule has 1 aromatic carbocycles. The van der Waals surface area contributed by atoms with Gasteiger partial charge in [-0.15, -0.1) is 0 Å². The zero-order chi connectivity index (χ0) is 18.7. The number of pyridine rings is 1. The topological polar surface area (TPSA) is 54.5 Å². The standard InChI is InChI=1S/C20H24FN3O2/c1-20(2)13-16(11-12-24(20)3)26-18-6-4-5-17(22-18)23-19(25)14-7-9-15(21)10-8-14/h4-10,16H,11-13H2,1-3H3,(H,22,23,25). The highest BCUT2D eigenvalue weighted by Crippen LogP contribution is 2.28. The maximum Gasteiger partial charge on any atom is 0.256 e. The number of benzene rings is 1. The Morgan fingerprint density at radius 3 is 2.69 bits per heavy atom. The fraction of sp³-hybridized carbons (Fsp3) is 0.400. The fourth-order valence-electron chi connectivity index (χ4n) is 3.07. The van der Waals surface area contributed by atoms with Gasteiger partial charge in [-0.2, -0.15) is 4.98 Å². The SMILES string of the molecule is CN1CCC(Oc2cccc(NC(=O)c3ccc(F)cc3)n2)CC1(C)C. The predicted molar refractivity (Wildman–Crippen MR) is 98.9 cm³/mol. The Hall–Kier alpha value is -2.47. The van der Waals surface area contributed by atoms with Crippen LogP contribution in [0.4, 0.5) is 10.2 Å². The van der Waals surface area contributed by atoms with Crippen LogP contribution in [0.25, 0.3) is 0 Å². The van der Waals surface area contributed by atoms with Crippen molar-refractivity contribution in [1.82, 2.24) is 9.88 Å². The second kappa shape index (κ2) is 7.41. The number of anilines is 1. The summed E-state index contributed by atoms with van der Waals surface area (Å²) in [6.45, 7) is 5.38. The summed E-state index contributed by atoms with van der Waals surface area (Å²) in [5.74, 6) is 0.183. The van der Waals surface area contributed by atoms with E-state index in [1.807, 2.05) is 0 Å². The molecule has 1 saturated heterocycles. The van der Waals surface area contributed by atoms with Crippen LogP contribution >= 0.6 is 0 Å². The van der Waals surface area contributed by atoms with Crippen LogP contribution in [0.3, 0.4) is 0 Å². The molecule has 2 heterocycles. The molecule has 1 aromatic heterocycles. The van der Waals surface area contributed by atoms with Gasteiger partial charge in [0.2, 0.25) is 5.88 Å². The molecule has 26 heavy (non-hydrogen) atoms. The summed E-state index contributed by atoms with van der Waals surface area (Å²) < 4.78 is 19.0. The number of amides is 1. The first-order valence-corrected chi connectivity index (χ1v) is 8.75. The largest absolute Gasteiger partial charge is 0.474 e. The molecule has 2 aromatic rings. The molecule has 1 N–H and O–H groups in total. The van der Waals surface area contributed by atoms with E-state index in [1.54, 1.807) is 18.2 Å². The van der Waals surface area contributed by atoms with Crippen molar-refractivity contribution in [2.24, 2.45) is 0 Å². The fourth-order valence-corrected chi connectivity index (χ4v) is 3.07. The minimum Gasteiger partial charge on any atom is -0.474 e. The lowest BCUT2D eigenvalue weighted by Crippen LogP contribution is -2.50. The first-order chi connectivity index (χ1) is 12.3. The molecular weight excluding hydrogens is 333 g/mol. The van der Waals surface area contributed by atoms with E-state index in [-0.39, 0.29) is 23.4 Å². The lowest BCUT2D eigenvalue weighted by Gasteiger charge is -2.43. The van der Waals surface area contributed by atoms with Gasteiger partial charge in [0.05, 0.1) is 0 Å². The van der Waals surface area contributed by atoms with Crippen LogP contribution in [0.5, 0.6) is 5.88 Å². The van der Waals surface area contributed by atoms with Crippen LogP contribution in [0.2, 0.25) is 0 Å². The number of likely N-dealkylation sites (tertiary alicyclic amines) is 1. The molecule has 0 radical (unpaired) electrons. The first kappa shape index (κ1) is 18.3. The Bertz CT molecular complexity index is 777. The molecule has 1 atom stereocenters. The molecule has 6 heteroatoms. The van der Waals surface area contributed by atoms with Crippen molar-refractivity contribution in [3.05, 3.63) is 53.8 Å². The second-order valence-electron chi connectivity index (χ2n) is 7.29. The summed E-state index contributed by atoms with van der Waals surface area (Å²) in [6.07, 6.45) is 1.95. The number of nitrogens with one attached hydrogen (secondary N) is 1. The van der Waals surface area contributed by atoms with Gasteiger partial charge in [0.15, 0.2) is 0 Å². The van der Waals surface area contributed by atoms with Crippen LogP contribution in [-0.2, 0) is 0 Å². The van der Waals surface area contributed by atoms with Gasteiger partial charge >= 0.3 is 0 Å². The third-order valence-corrected chi connectivity index (χ3v) is 4.91. The third-order valence-electron chi connectivity index (χ3n) is 4.91. The number of aromatic nitrogens is 1. The van der Waals surface area contributed by atoms with Gasteiger partial charge in [0, 0.05) is 30.1 Å². The molecular formula is C20H24FN3O2. The molecule has 1 fully saturated rings. The maximum atomic E-state index is 13.0. The molecule has 0 bridgehead atoms. The monoisotopic (exact) mass is 357 g/mol. The number of rotatable bonds is 4. The smallest absolute Gasteiger partial charge is 0.256 e. The summed E-state index contributed by atoms with van der Waals surface area (Å²) in [4.78, 5) is 18.9. The van der Waals surface area contributed by atoms with Gasteiger partial charge in [-0.05, 0) is 57.6 Å². The minimum absolute atomic E-state index is 0.0807. The average Bonchev–Trinajstić information content (AvgIpc) is 2.59. The highest BCUT2D eigenvalue weighted by Gasteiger charge is 2.33. The van der Waals surface area contributed by atoms with Crippen molar-refractivity contribution in [3.8, 4) is 5.88 Å². The molecule has 3 rings (SSSR count). The number of carbonyl (C=O) groups excluding carboxylic acids is 1. The molecule has 5 nitrogen and oxygen atoms in total. The van der Waals surface area contributed by atoms with E-state index in [0.29, 0.717) is 17.3 Å². The summed E-state index contributed by atoms with van der Waals surface area (Å²) in [5.41, 5.74) is 0.453. The normalized spacial score (nSPS) is 19.8. The van der Waals surface area contributed by atoms with E-state index in [2.05, 4.69) is 36.1 Å². The minimum atomic E-state index is -0.379. The number of ether oxygens (including phenoxy) is 1. The molecule has 0 spiro atoms. The molecule has 138 valence electrons. The molecule has 1 amide bonds. The third kappa shape index (κ3) is 4.38. The van der Waals surface area contributed by atoms with E-state index < -0.39 is 0 Å². The first-order valence-electron chi connectivity index (χ1n) is 8.75. The van der Waals surface area contributed by atoms with Crippen molar-refractivity contribution in [2.75, 3.05) is 18.9 Å². The number of nitrogens with zero attached hydrogens (tertiary/aromatic N) is 2. The van der Waals surface area contributed by atoms with Gasteiger partial charge in [-0.3, -0.25) is 4.79 Å². The highest BCUT2D eigenvalue weighted by atomic mass is 19.1. The van der Waals surface area contributed by atoms with Crippen molar-refractivity contribution >= 4 is 11.7 Å².